The van der Waals surface area contributed by atoms with Crippen molar-refractivity contribution in [2.75, 3.05) is 18.1 Å². The zero-order valence-corrected chi connectivity index (χ0v) is 21.0. The fraction of sp³-hybridized carbons (Fsp3) is 0.174. The van der Waals surface area contributed by atoms with Crippen LogP contribution in [0.4, 0.5) is 23.7 Å². The predicted molar refractivity (Wildman–Crippen MR) is 131 cm³/mol. The van der Waals surface area contributed by atoms with Crippen LogP contribution >= 0.6 is 34.2 Å². The summed E-state index contributed by atoms with van der Waals surface area (Å²) in [7, 11) is 0. The van der Waals surface area contributed by atoms with E-state index in [1.807, 2.05) is 27.9 Å². The van der Waals surface area contributed by atoms with E-state index in [2.05, 4.69) is 6.58 Å². The van der Waals surface area contributed by atoms with Crippen molar-refractivity contribution >= 4 is 63.8 Å². The van der Waals surface area contributed by atoms with Gasteiger partial charge in [-0.25, -0.2) is 9.69 Å². The van der Waals surface area contributed by atoms with Gasteiger partial charge >= 0.3 is 12.2 Å². The van der Waals surface area contributed by atoms with Gasteiger partial charge in [-0.1, -0.05) is 24.3 Å². The number of carbonyl (C=O) groups excluding carboxylic acids is 3. The molecule has 3 rings (SSSR count). The lowest BCUT2D eigenvalue weighted by atomic mass is 10.1. The Morgan fingerprint density at radius 2 is 1.89 bits per heavy atom. The standard InChI is InChI=1S/C23H17ClF3IN2O5/c1-3-7-35-19-16(28)9-12(10-18(19)34-4-2)8-14-20(31)29-22(33)30(21(14)32)17-11-13(23(25,26)27)5-6-15(17)24/h3,5-6,8-11H,1,4,7H2,2H3,(H,29,31,33)/b14-8+. The van der Waals surface area contributed by atoms with Gasteiger partial charge in [0.2, 0.25) is 0 Å². The van der Waals surface area contributed by atoms with Crippen molar-refractivity contribution in [2.24, 2.45) is 0 Å². The first kappa shape index (κ1) is 26.5. The first-order valence-corrected chi connectivity index (χ1v) is 11.4. The lowest BCUT2D eigenvalue weighted by molar-refractivity contribution is -0.137. The van der Waals surface area contributed by atoms with E-state index < -0.39 is 40.8 Å². The molecule has 1 aliphatic rings. The number of amides is 4. The van der Waals surface area contributed by atoms with Crippen LogP contribution in [-0.2, 0) is 15.8 Å². The number of hydrogen-bond donors (Lipinski definition) is 1. The third kappa shape index (κ3) is 5.78. The average Bonchev–Trinajstić information content (AvgIpc) is 2.76. The third-order valence-electron chi connectivity index (χ3n) is 4.60. The molecule has 0 bridgehead atoms. The van der Waals surface area contributed by atoms with Gasteiger partial charge in [-0.05, 0) is 71.5 Å². The van der Waals surface area contributed by atoms with Crippen LogP contribution in [0, 0.1) is 3.57 Å². The molecule has 2 aromatic carbocycles. The summed E-state index contributed by atoms with van der Waals surface area (Å²) in [5.74, 6) is -1.38. The van der Waals surface area contributed by atoms with Gasteiger partial charge in [-0.15, -0.1) is 0 Å². The number of hydrogen-bond acceptors (Lipinski definition) is 5. The van der Waals surface area contributed by atoms with Crippen LogP contribution in [0.5, 0.6) is 11.5 Å². The topological polar surface area (TPSA) is 84.9 Å². The molecular weight excluding hydrogens is 604 g/mol. The van der Waals surface area contributed by atoms with E-state index in [-0.39, 0.29) is 11.6 Å². The monoisotopic (exact) mass is 620 g/mol. The van der Waals surface area contributed by atoms with Gasteiger partial charge in [0, 0.05) is 0 Å². The fourth-order valence-electron chi connectivity index (χ4n) is 3.12. The lowest BCUT2D eigenvalue weighted by Crippen LogP contribution is -2.54. The number of nitrogens with one attached hydrogen (secondary N) is 1. The Bertz CT molecular complexity index is 1250. The van der Waals surface area contributed by atoms with Gasteiger partial charge in [0.25, 0.3) is 11.8 Å². The molecule has 0 aromatic heterocycles. The molecule has 0 radical (unpaired) electrons. The Labute approximate surface area is 216 Å². The molecule has 0 unspecified atom stereocenters. The van der Waals surface area contributed by atoms with Crippen molar-refractivity contribution in [1.82, 2.24) is 5.32 Å². The molecule has 0 aliphatic carbocycles. The largest absolute Gasteiger partial charge is 0.490 e. The molecule has 0 spiro atoms. The molecule has 0 atom stereocenters. The fourth-order valence-corrected chi connectivity index (χ4v) is 4.10. The van der Waals surface area contributed by atoms with E-state index in [0.29, 0.717) is 44.3 Å². The van der Waals surface area contributed by atoms with E-state index in [4.69, 9.17) is 21.1 Å². The highest BCUT2D eigenvalue weighted by molar-refractivity contribution is 14.1. The van der Waals surface area contributed by atoms with E-state index in [9.17, 15) is 27.6 Å². The zero-order valence-electron chi connectivity index (χ0n) is 18.0. The molecule has 1 aliphatic heterocycles. The zero-order chi connectivity index (χ0) is 25.9. The SMILES string of the molecule is C=CCOc1c(I)cc(/C=C2\C(=O)NC(=O)N(c3cc(C(F)(F)F)ccc3Cl)C2=O)cc1OCC. The Morgan fingerprint density at radius 3 is 2.51 bits per heavy atom. The lowest BCUT2D eigenvalue weighted by Gasteiger charge is -2.27. The Balaban J connectivity index is 2.07. The highest BCUT2D eigenvalue weighted by Gasteiger charge is 2.39. The predicted octanol–water partition coefficient (Wildman–Crippen LogP) is 5.59. The first-order chi connectivity index (χ1) is 16.5. The van der Waals surface area contributed by atoms with Crippen LogP contribution in [0.3, 0.4) is 0 Å². The number of carbonyl (C=O) groups is 3. The first-order valence-electron chi connectivity index (χ1n) is 9.96. The number of urea groups is 1. The van der Waals surface area contributed by atoms with E-state index in [0.717, 1.165) is 6.07 Å². The highest BCUT2D eigenvalue weighted by Crippen LogP contribution is 2.38. The summed E-state index contributed by atoms with van der Waals surface area (Å²) in [4.78, 5) is 38.4. The van der Waals surface area contributed by atoms with Crippen LogP contribution < -0.4 is 19.7 Å². The van der Waals surface area contributed by atoms with Gasteiger partial charge in [0.15, 0.2) is 11.5 Å². The second kappa shape index (κ2) is 10.7. The maximum absolute atomic E-state index is 13.2. The second-order valence-corrected chi connectivity index (χ2v) is 8.55. The number of ether oxygens (including phenoxy) is 2. The Kier molecular flexibility index (Phi) is 8.11. The van der Waals surface area contributed by atoms with Crippen molar-refractivity contribution in [3.8, 4) is 11.5 Å². The second-order valence-electron chi connectivity index (χ2n) is 6.98. The van der Waals surface area contributed by atoms with Crippen molar-refractivity contribution in [1.29, 1.82) is 0 Å². The van der Waals surface area contributed by atoms with Crippen LogP contribution in [-0.4, -0.2) is 31.1 Å². The number of benzene rings is 2. The summed E-state index contributed by atoms with van der Waals surface area (Å²) in [5.41, 5.74) is -1.77. The quantitative estimate of drug-likeness (QED) is 0.189. The van der Waals surface area contributed by atoms with Crippen molar-refractivity contribution < 1.29 is 37.0 Å². The van der Waals surface area contributed by atoms with Gasteiger partial charge in [0.1, 0.15) is 12.2 Å². The molecule has 0 saturated carbocycles. The summed E-state index contributed by atoms with van der Waals surface area (Å²) in [6.45, 7) is 5.87. The third-order valence-corrected chi connectivity index (χ3v) is 5.73. The molecule has 1 heterocycles. The Hall–Kier alpha value is -3.06. The van der Waals surface area contributed by atoms with Crippen molar-refractivity contribution in [2.45, 2.75) is 13.1 Å². The number of barbiturate groups is 1. The normalized spacial score (nSPS) is 15.3. The van der Waals surface area contributed by atoms with E-state index >= 15 is 0 Å². The molecular formula is C23H17ClF3IN2O5. The Morgan fingerprint density at radius 1 is 1.17 bits per heavy atom. The molecule has 1 fully saturated rings. The summed E-state index contributed by atoms with van der Waals surface area (Å²) in [5, 5.41) is 1.67. The minimum atomic E-state index is -4.75. The molecule has 184 valence electrons. The molecule has 4 amide bonds. The number of alkyl halides is 3. The summed E-state index contributed by atoms with van der Waals surface area (Å²) < 4.78 is 51.4. The van der Waals surface area contributed by atoms with Gasteiger partial charge < -0.3 is 9.47 Å². The number of nitrogens with zero attached hydrogens (tertiary/aromatic N) is 1. The van der Waals surface area contributed by atoms with Gasteiger partial charge in [-0.3, -0.25) is 14.9 Å². The molecule has 7 nitrogen and oxygen atoms in total. The van der Waals surface area contributed by atoms with E-state index in [1.54, 1.807) is 19.1 Å². The van der Waals surface area contributed by atoms with Gasteiger partial charge in [-0.2, -0.15) is 13.2 Å². The molecule has 12 heteroatoms. The number of rotatable bonds is 7. The number of halogens is 5. The van der Waals surface area contributed by atoms with Crippen molar-refractivity contribution in [3.63, 3.8) is 0 Å². The van der Waals surface area contributed by atoms with E-state index in [1.165, 1.54) is 12.1 Å². The molecule has 2 aromatic rings. The maximum Gasteiger partial charge on any atom is 0.416 e. The minimum Gasteiger partial charge on any atom is -0.490 e. The van der Waals surface area contributed by atoms with Crippen LogP contribution in [0.25, 0.3) is 6.08 Å². The van der Waals surface area contributed by atoms with Crippen LogP contribution in [0.1, 0.15) is 18.1 Å². The number of imide groups is 2. The summed E-state index contributed by atoms with van der Waals surface area (Å²) >= 11 is 7.99. The smallest absolute Gasteiger partial charge is 0.416 e. The van der Waals surface area contributed by atoms with Gasteiger partial charge in [0.05, 0.1) is 26.5 Å². The average molecular weight is 621 g/mol. The molecule has 1 saturated heterocycles. The summed E-state index contributed by atoms with van der Waals surface area (Å²) in [6, 6.07) is 4.10. The maximum atomic E-state index is 13.2. The van der Waals surface area contributed by atoms with Crippen molar-refractivity contribution in [3.05, 3.63) is 68.3 Å². The van der Waals surface area contributed by atoms with Crippen LogP contribution in [0.2, 0.25) is 5.02 Å². The summed E-state index contributed by atoms with van der Waals surface area (Å²) in [6.07, 6.45) is -2.00. The minimum absolute atomic E-state index is 0.215. The highest BCUT2D eigenvalue weighted by atomic mass is 127. The number of anilines is 1. The molecule has 35 heavy (non-hydrogen) atoms. The van der Waals surface area contributed by atoms with Crippen LogP contribution in [0.15, 0.2) is 48.6 Å². The molecule has 1 N–H and O–H groups in total.